The number of halogens is 1. The number of anilines is 2. The Kier molecular flexibility index (Phi) is 4.63. The topological polar surface area (TPSA) is 132 Å². The maximum Gasteiger partial charge on any atom is 0.258 e. The summed E-state index contributed by atoms with van der Waals surface area (Å²) in [5.41, 5.74) is 7.91. The molecule has 11 heteroatoms. The highest BCUT2D eigenvalue weighted by molar-refractivity contribution is 7.85. The molecule has 0 saturated carbocycles. The molecule has 1 aliphatic rings. The lowest BCUT2D eigenvalue weighted by atomic mass is 10.0. The Morgan fingerprint density at radius 1 is 1.48 bits per heavy atom. The highest BCUT2D eigenvalue weighted by atomic mass is 32.2. The standard InChI is InChI=1S/C18H16FN7O2S/c1-9-12-5-11(19)4-3-10(12)8-29(27)25-17-15(14(6-20)26(2)24-17)13-7-22-16(21)18(23-13)28-9/h3-5,7,9H,8H2,1-2H3,(H2,21,22)(H,24,25). The Balaban J connectivity index is 1.94. The smallest absolute Gasteiger partial charge is 0.258 e. The number of fused-ring (bicyclic) bond motifs is 5. The molecule has 29 heavy (non-hydrogen) atoms. The van der Waals surface area contributed by atoms with Crippen LogP contribution >= 0.6 is 0 Å². The molecule has 3 aromatic rings. The lowest BCUT2D eigenvalue weighted by Gasteiger charge is -2.20. The van der Waals surface area contributed by atoms with Crippen LogP contribution in [0.15, 0.2) is 24.4 Å². The summed E-state index contributed by atoms with van der Waals surface area (Å²) >= 11 is 0. The summed E-state index contributed by atoms with van der Waals surface area (Å²) in [6, 6.07) is 6.25. The molecule has 2 atom stereocenters. The van der Waals surface area contributed by atoms with Gasteiger partial charge in [0.1, 0.15) is 34.7 Å². The minimum Gasteiger partial charge on any atom is -0.467 e. The largest absolute Gasteiger partial charge is 0.467 e. The highest BCUT2D eigenvalue weighted by Crippen LogP contribution is 2.34. The lowest BCUT2D eigenvalue weighted by molar-refractivity contribution is 0.217. The SMILES string of the molecule is CC1Oc2nc(cnc2N)-c2c(nn(C)c2C#N)NS(=O)Cc2ccc(F)cc21. The molecule has 148 valence electrons. The average molecular weight is 413 g/mol. The predicted molar refractivity (Wildman–Crippen MR) is 104 cm³/mol. The van der Waals surface area contributed by atoms with E-state index >= 15 is 0 Å². The van der Waals surface area contributed by atoms with Crippen LogP contribution in [0.3, 0.4) is 0 Å². The van der Waals surface area contributed by atoms with Gasteiger partial charge in [-0.3, -0.25) is 9.40 Å². The molecular formula is C18H16FN7O2S. The molecule has 0 fully saturated rings. The summed E-state index contributed by atoms with van der Waals surface area (Å²) in [6.45, 7) is 1.71. The Morgan fingerprint density at radius 3 is 3.03 bits per heavy atom. The summed E-state index contributed by atoms with van der Waals surface area (Å²) < 4.78 is 36.7. The van der Waals surface area contributed by atoms with Gasteiger partial charge in [-0.25, -0.2) is 18.6 Å². The van der Waals surface area contributed by atoms with E-state index in [4.69, 9.17) is 10.5 Å². The first-order valence-electron chi connectivity index (χ1n) is 8.57. The number of hydrogen-bond acceptors (Lipinski definition) is 7. The third kappa shape index (κ3) is 3.38. The van der Waals surface area contributed by atoms with E-state index in [1.165, 1.54) is 23.0 Å². The Morgan fingerprint density at radius 2 is 2.28 bits per heavy atom. The van der Waals surface area contributed by atoms with Crippen molar-refractivity contribution in [2.24, 2.45) is 7.05 Å². The van der Waals surface area contributed by atoms with Crippen LogP contribution in [0.25, 0.3) is 11.3 Å². The van der Waals surface area contributed by atoms with Gasteiger partial charge in [0.25, 0.3) is 5.88 Å². The van der Waals surface area contributed by atoms with Crippen molar-refractivity contribution in [3.05, 3.63) is 47.0 Å². The molecule has 3 heterocycles. The minimum atomic E-state index is -1.61. The normalized spacial score (nSPS) is 18.1. The molecule has 0 radical (unpaired) electrons. The lowest BCUT2D eigenvalue weighted by Crippen LogP contribution is -2.15. The molecule has 0 aliphatic carbocycles. The fraction of sp³-hybridized carbons (Fsp3) is 0.222. The van der Waals surface area contributed by atoms with Crippen LogP contribution in [-0.4, -0.2) is 24.0 Å². The molecular weight excluding hydrogens is 397 g/mol. The Labute approximate surface area is 167 Å². The van der Waals surface area contributed by atoms with E-state index < -0.39 is 22.9 Å². The monoisotopic (exact) mass is 413 g/mol. The van der Waals surface area contributed by atoms with Crippen LogP contribution in [0.2, 0.25) is 0 Å². The van der Waals surface area contributed by atoms with Gasteiger partial charge in [-0.05, 0) is 30.2 Å². The zero-order valence-electron chi connectivity index (χ0n) is 15.5. The molecule has 4 rings (SSSR count). The summed E-state index contributed by atoms with van der Waals surface area (Å²) in [5, 5.41) is 13.8. The number of nitrogens with zero attached hydrogens (tertiary/aromatic N) is 5. The quantitative estimate of drug-likeness (QED) is 0.577. The van der Waals surface area contributed by atoms with Gasteiger partial charge in [0.05, 0.1) is 23.2 Å². The zero-order chi connectivity index (χ0) is 20.7. The number of nitrogens with two attached hydrogens (primary N) is 1. The molecule has 9 nitrogen and oxygen atoms in total. The first-order valence-corrected chi connectivity index (χ1v) is 9.89. The van der Waals surface area contributed by atoms with E-state index in [9.17, 15) is 13.9 Å². The third-order valence-corrected chi connectivity index (χ3v) is 5.50. The Bertz CT molecular complexity index is 1190. The fourth-order valence-corrected chi connectivity index (χ4v) is 4.12. The van der Waals surface area contributed by atoms with Gasteiger partial charge in [-0.15, -0.1) is 0 Å². The summed E-state index contributed by atoms with van der Waals surface area (Å²) in [4.78, 5) is 8.50. The second kappa shape index (κ2) is 7.14. The fourth-order valence-electron chi connectivity index (χ4n) is 3.15. The molecule has 1 aliphatic heterocycles. The van der Waals surface area contributed by atoms with Crippen LogP contribution in [0.5, 0.6) is 5.88 Å². The molecule has 0 saturated heterocycles. The van der Waals surface area contributed by atoms with E-state index in [1.54, 1.807) is 20.0 Å². The van der Waals surface area contributed by atoms with Crippen LogP contribution in [-0.2, 0) is 23.8 Å². The second-order valence-corrected chi connectivity index (χ2v) is 7.63. The molecule has 0 amide bonds. The highest BCUT2D eigenvalue weighted by Gasteiger charge is 2.25. The van der Waals surface area contributed by atoms with Gasteiger partial charge in [-0.2, -0.15) is 10.4 Å². The number of ether oxygens (including phenoxy) is 1. The first kappa shape index (κ1) is 18.8. The van der Waals surface area contributed by atoms with Gasteiger partial charge >= 0.3 is 0 Å². The predicted octanol–water partition coefficient (Wildman–Crippen LogP) is 2.20. The summed E-state index contributed by atoms with van der Waals surface area (Å²) in [7, 11) is -0.0124. The number of nitriles is 1. The second-order valence-electron chi connectivity index (χ2n) is 6.45. The summed E-state index contributed by atoms with van der Waals surface area (Å²) in [6.07, 6.45) is 0.755. The van der Waals surface area contributed by atoms with Crippen molar-refractivity contribution in [2.75, 3.05) is 10.5 Å². The number of hydrogen-bond donors (Lipinski definition) is 2. The van der Waals surface area contributed by atoms with Gasteiger partial charge in [0.2, 0.25) is 0 Å². The maximum atomic E-state index is 13.9. The van der Waals surface area contributed by atoms with Crippen molar-refractivity contribution in [2.45, 2.75) is 18.8 Å². The van der Waals surface area contributed by atoms with Gasteiger partial charge in [-0.1, -0.05) is 6.07 Å². The van der Waals surface area contributed by atoms with Crippen molar-refractivity contribution in [3.8, 4) is 23.2 Å². The molecule has 2 unspecified atom stereocenters. The zero-order valence-corrected chi connectivity index (χ0v) is 16.3. The number of aryl methyl sites for hydroxylation is 1. The average Bonchev–Trinajstić information content (AvgIpc) is 2.98. The van der Waals surface area contributed by atoms with Crippen LogP contribution in [0.1, 0.15) is 29.8 Å². The Hall–Kier alpha value is -3.52. The van der Waals surface area contributed by atoms with Gasteiger partial charge in [0.15, 0.2) is 11.6 Å². The van der Waals surface area contributed by atoms with E-state index in [0.717, 1.165) is 0 Å². The molecule has 1 aromatic carbocycles. The van der Waals surface area contributed by atoms with Crippen LogP contribution in [0, 0.1) is 17.1 Å². The van der Waals surface area contributed by atoms with Gasteiger partial charge < -0.3 is 10.5 Å². The molecule has 2 bridgehead atoms. The van der Waals surface area contributed by atoms with E-state index in [1.807, 2.05) is 0 Å². The van der Waals surface area contributed by atoms with Crippen molar-refractivity contribution < 1.29 is 13.3 Å². The molecule has 3 N–H and O–H groups in total. The number of benzene rings is 1. The van der Waals surface area contributed by atoms with Crippen molar-refractivity contribution in [3.63, 3.8) is 0 Å². The van der Waals surface area contributed by atoms with Crippen LogP contribution < -0.4 is 15.2 Å². The summed E-state index contributed by atoms with van der Waals surface area (Å²) in [5.74, 6) is -0.0500. The minimum absolute atomic E-state index is 0.0469. The van der Waals surface area contributed by atoms with Crippen molar-refractivity contribution in [1.29, 1.82) is 5.26 Å². The van der Waals surface area contributed by atoms with Crippen LogP contribution in [0.4, 0.5) is 16.0 Å². The maximum absolute atomic E-state index is 13.9. The number of rotatable bonds is 0. The van der Waals surface area contributed by atoms with Crippen molar-refractivity contribution >= 4 is 22.6 Å². The number of aromatic nitrogens is 4. The molecule has 0 spiro atoms. The number of nitrogens with one attached hydrogen (secondary N) is 1. The van der Waals surface area contributed by atoms with E-state index in [0.29, 0.717) is 16.7 Å². The van der Waals surface area contributed by atoms with Gasteiger partial charge in [0, 0.05) is 7.05 Å². The third-order valence-electron chi connectivity index (χ3n) is 4.51. The number of nitrogen functional groups attached to an aromatic ring is 1. The van der Waals surface area contributed by atoms with E-state index in [2.05, 4.69) is 25.9 Å². The van der Waals surface area contributed by atoms with E-state index in [-0.39, 0.29) is 34.7 Å². The molecule has 2 aromatic heterocycles. The van der Waals surface area contributed by atoms with Crippen molar-refractivity contribution in [1.82, 2.24) is 19.7 Å². The first-order chi connectivity index (χ1) is 13.9.